The van der Waals surface area contributed by atoms with E-state index in [1.807, 2.05) is 24.6 Å². The molecule has 2 fully saturated rings. The number of thiophene rings is 1. The summed E-state index contributed by atoms with van der Waals surface area (Å²) in [4.78, 5) is 18.1. The second-order valence-electron chi connectivity index (χ2n) is 7.02. The van der Waals surface area contributed by atoms with Crippen molar-refractivity contribution in [1.82, 2.24) is 15.1 Å². The summed E-state index contributed by atoms with van der Waals surface area (Å²) in [5.74, 6) is 0.341. The molecule has 0 bridgehead atoms. The average Bonchev–Trinajstić information content (AvgIpc) is 3.21. The monoisotopic (exact) mass is 385 g/mol. The molecule has 2 saturated heterocycles. The summed E-state index contributed by atoms with van der Waals surface area (Å²) in [6, 6.07) is 4.21. The number of likely N-dealkylation sites (N-methyl/N-ethyl adjacent to an activating group) is 1. The number of carbonyl (C=O) groups excluding carboxylic acids is 1. The van der Waals surface area contributed by atoms with Crippen LogP contribution in [0.1, 0.15) is 24.1 Å². The minimum Gasteiger partial charge on any atom is -0.332 e. The van der Waals surface area contributed by atoms with Gasteiger partial charge in [-0.25, -0.2) is 8.42 Å². The van der Waals surface area contributed by atoms with Crippen LogP contribution in [0.3, 0.4) is 0 Å². The Morgan fingerprint density at radius 3 is 2.92 bits per heavy atom. The van der Waals surface area contributed by atoms with Gasteiger partial charge in [-0.3, -0.25) is 9.69 Å². The van der Waals surface area contributed by atoms with Crippen molar-refractivity contribution in [3.63, 3.8) is 0 Å². The highest BCUT2D eigenvalue weighted by atomic mass is 32.2. The molecule has 140 valence electrons. The van der Waals surface area contributed by atoms with Crippen molar-refractivity contribution in [2.45, 2.75) is 37.9 Å². The Balaban J connectivity index is 1.68. The second-order valence-corrected chi connectivity index (χ2v) is 10.3. The molecule has 0 aliphatic carbocycles. The van der Waals surface area contributed by atoms with Crippen LogP contribution in [-0.4, -0.2) is 74.4 Å². The fraction of sp³-hybridized carbons (Fsp3) is 0.706. The smallest absolute Gasteiger partial charge is 0.237 e. The fourth-order valence-corrected chi connectivity index (χ4v) is 6.16. The summed E-state index contributed by atoms with van der Waals surface area (Å²) in [7, 11) is -1.05. The van der Waals surface area contributed by atoms with E-state index in [0.717, 1.165) is 30.8 Å². The number of piperidine rings is 1. The van der Waals surface area contributed by atoms with Gasteiger partial charge in [0.05, 0.1) is 24.6 Å². The molecule has 0 spiro atoms. The molecule has 1 aromatic heterocycles. The summed E-state index contributed by atoms with van der Waals surface area (Å²) in [6.07, 6.45) is 2.78. The number of nitrogens with one attached hydrogen (secondary N) is 1. The van der Waals surface area contributed by atoms with Gasteiger partial charge in [0.2, 0.25) is 5.91 Å². The summed E-state index contributed by atoms with van der Waals surface area (Å²) in [6.45, 7) is 2.69. The average molecular weight is 386 g/mol. The van der Waals surface area contributed by atoms with Crippen LogP contribution in [0.15, 0.2) is 17.5 Å². The predicted octanol–water partition coefficient (Wildman–Crippen LogP) is 0.948. The molecular formula is C17H27N3O3S2. The van der Waals surface area contributed by atoms with E-state index in [1.54, 1.807) is 16.2 Å². The van der Waals surface area contributed by atoms with E-state index >= 15 is 0 Å². The number of carbonyl (C=O) groups is 1. The van der Waals surface area contributed by atoms with Crippen LogP contribution in [0.5, 0.6) is 0 Å². The lowest BCUT2D eigenvalue weighted by atomic mass is 10.1. The van der Waals surface area contributed by atoms with Gasteiger partial charge in [0, 0.05) is 23.5 Å². The van der Waals surface area contributed by atoms with Crippen LogP contribution >= 0.6 is 11.3 Å². The van der Waals surface area contributed by atoms with E-state index in [4.69, 9.17) is 0 Å². The Morgan fingerprint density at radius 1 is 1.44 bits per heavy atom. The number of likely N-dealkylation sites (tertiary alicyclic amines) is 1. The van der Waals surface area contributed by atoms with Gasteiger partial charge in [0.25, 0.3) is 0 Å². The van der Waals surface area contributed by atoms with Crippen molar-refractivity contribution in [3.05, 3.63) is 22.4 Å². The Labute approximate surface area is 154 Å². The zero-order chi connectivity index (χ0) is 17.9. The molecule has 2 unspecified atom stereocenters. The van der Waals surface area contributed by atoms with Gasteiger partial charge in [-0.2, -0.15) is 0 Å². The Morgan fingerprint density at radius 2 is 2.28 bits per heavy atom. The van der Waals surface area contributed by atoms with Crippen molar-refractivity contribution in [1.29, 1.82) is 0 Å². The SMILES string of the molecule is CNC1CCCN(CC(=O)N(Cc2cccs2)C2CCS(=O)(=O)C2)C1. The summed E-state index contributed by atoms with van der Waals surface area (Å²) < 4.78 is 23.8. The molecule has 0 saturated carbocycles. The first-order valence-corrected chi connectivity index (χ1v) is 11.6. The molecule has 1 N–H and O–H groups in total. The highest BCUT2D eigenvalue weighted by Crippen LogP contribution is 2.22. The highest BCUT2D eigenvalue weighted by Gasteiger charge is 2.35. The quantitative estimate of drug-likeness (QED) is 0.790. The van der Waals surface area contributed by atoms with Crippen LogP contribution in [0.25, 0.3) is 0 Å². The van der Waals surface area contributed by atoms with Crippen molar-refractivity contribution in [3.8, 4) is 0 Å². The van der Waals surface area contributed by atoms with E-state index in [0.29, 0.717) is 25.6 Å². The third-order valence-corrected chi connectivity index (χ3v) is 7.76. The van der Waals surface area contributed by atoms with E-state index in [2.05, 4.69) is 10.2 Å². The standard InChI is InChI=1S/C17H27N3O3S2/c1-18-14-4-2-7-19(10-14)12-17(21)20(11-16-5-3-8-24-16)15-6-9-25(22,23)13-15/h3,5,8,14-15,18H,2,4,6-7,9-13H2,1H3. The predicted molar refractivity (Wildman–Crippen MR) is 100 cm³/mol. The number of rotatable bonds is 6. The third-order valence-electron chi connectivity index (χ3n) is 5.15. The van der Waals surface area contributed by atoms with Gasteiger partial charge < -0.3 is 10.2 Å². The fourth-order valence-electron chi connectivity index (χ4n) is 3.73. The second kappa shape index (κ2) is 8.16. The molecule has 8 heteroatoms. The lowest BCUT2D eigenvalue weighted by Gasteiger charge is -2.35. The van der Waals surface area contributed by atoms with Crippen molar-refractivity contribution in [2.75, 3.05) is 38.2 Å². The van der Waals surface area contributed by atoms with Crippen molar-refractivity contribution in [2.24, 2.45) is 0 Å². The maximum Gasteiger partial charge on any atom is 0.237 e. The summed E-state index contributed by atoms with van der Waals surface area (Å²) in [5, 5.41) is 5.29. The van der Waals surface area contributed by atoms with Gasteiger partial charge in [-0.05, 0) is 44.3 Å². The van der Waals surface area contributed by atoms with Gasteiger partial charge in [-0.15, -0.1) is 11.3 Å². The molecule has 1 amide bonds. The number of sulfone groups is 1. The molecule has 3 heterocycles. The first kappa shape index (κ1) is 18.8. The molecule has 2 aliphatic rings. The number of hydrogen-bond acceptors (Lipinski definition) is 6. The Bertz CT molecular complexity index is 675. The van der Waals surface area contributed by atoms with Gasteiger partial charge >= 0.3 is 0 Å². The van der Waals surface area contributed by atoms with Crippen LogP contribution in [0.4, 0.5) is 0 Å². The van der Waals surface area contributed by atoms with E-state index in [-0.39, 0.29) is 23.5 Å². The zero-order valence-electron chi connectivity index (χ0n) is 14.7. The topological polar surface area (TPSA) is 69.7 Å². The zero-order valence-corrected chi connectivity index (χ0v) is 16.3. The molecule has 6 nitrogen and oxygen atoms in total. The minimum absolute atomic E-state index is 0.0484. The highest BCUT2D eigenvalue weighted by molar-refractivity contribution is 7.91. The van der Waals surface area contributed by atoms with Crippen LogP contribution in [-0.2, 0) is 21.2 Å². The molecule has 25 heavy (non-hydrogen) atoms. The van der Waals surface area contributed by atoms with E-state index in [9.17, 15) is 13.2 Å². The van der Waals surface area contributed by atoms with Crippen molar-refractivity contribution >= 4 is 27.1 Å². The molecule has 2 atom stereocenters. The first-order valence-electron chi connectivity index (χ1n) is 8.89. The van der Waals surface area contributed by atoms with Gasteiger partial charge in [0.1, 0.15) is 0 Å². The number of amides is 1. The lowest BCUT2D eigenvalue weighted by molar-refractivity contribution is -0.135. The third kappa shape index (κ3) is 5.03. The van der Waals surface area contributed by atoms with Crippen LogP contribution in [0.2, 0.25) is 0 Å². The number of nitrogens with zero attached hydrogens (tertiary/aromatic N) is 2. The minimum atomic E-state index is -3.01. The Hall–Kier alpha value is -0.960. The maximum absolute atomic E-state index is 13.0. The van der Waals surface area contributed by atoms with Crippen LogP contribution < -0.4 is 5.32 Å². The van der Waals surface area contributed by atoms with Gasteiger partial charge in [-0.1, -0.05) is 6.07 Å². The van der Waals surface area contributed by atoms with Gasteiger partial charge in [0.15, 0.2) is 9.84 Å². The molecule has 0 radical (unpaired) electrons. The first-order chi connectivity index (χ1) is 12.0. The van der Waals surface area contributed by atoms with E-state index < -0.39 is 9.84 Å². The summed E-state index contributed by atoms with van der Waals surface area (Å²) >= 11 is 1.61. The normalized spacial score (nSPS) is 26.6. The molecule has 2 aliphatic heterocycles. The van der Waals surface area contributed by atoms with E-state index in [1.165, 1.54) is 0 Å². The lowest BCUT2D eigenvalue weighted by Crippen LogP contribution is -2.50. The summed E-state index contributed by atoms with van der Waals surface area (Å²) in [5.41, 5.74) is 0. The molecule has 0 aromatic carbocycles. The van der Waals surface area contributed by atoms with Crippen molar-refractivity contribution < 1.29 is 13.2 Å². The largest absolute Gasteiger partial charge is 0.332 e. The molecule has 1 aromatic rings. The Kier molecular flexibility index (Phi) is 6.14. The number of hydrogen-bond donors (Lipinski definition) is 1. The molecular weight excluding hydrogens is 358 g/mol. The molecule has 3 rings (SSSR count). The maximum atomic E-state index is 13.0. The van der Waals surface area contributed by atoms with Crippen LogP contribution in [0, 0.1) is 0 Å².